The number of nitrogens with zero attached hydrogens (tertiary/aromatic N) is 2. The van der Waals surface area contributed by atoms with Gasteiger partial charge in [-0.2, -0.15) is 4.31 Å². The van der Waals surface area contributed by atoms with Crippen LogP contribution in [0.3, 0.4) is 0 Å². The van der Waals surface area contributed by atoms with Crippen LogP contribution in [0.2, 0.25) is 0 Å². The number of esters is 1. The molecule has 0 amide bonds. The lowest BCUT2D eigenvalue weighted by Crippen LogP contribution is -2.37. The molecule has 0 saturated carbocycles. The third-order valence-corrected chi connectivity index (χ3v) is 12.5. The molecule has 4 rings (SSSR count). The van der Waals surface area contributed by atoms with Crippen molar-refractivity contribution in [2.75, 3.05) is 26.0 Å². The van der Waals surface area contributed by atoms with Crippen LogP contribution in [0.25, 0.3) is 0 Å². The number of aromatic nitrogens is 1. The molecule has 0 saturated heterocycles. The first kappa shape index (κ1) is 34.7. The number of sulfonamides is 1. The van der Waals surface area contributed by atoms with Crippen molar-refractivity contribution in [1.29, 1.82) is 0 Å². The molecule has 0 fully saturated rings. The molecule has 44 heavy (non-hydrogen) atoms. The molecule has 3 aromatic rings. The number of hydrogen-bond donors (Lipinski definition) is 0. The smallest absolute Gasteiger partial charge is 0.312 e. The first-order chi connectivity index (χ1) is 20.8. The molecule has 1 unspecified atom stereocenters. The van der Waals surface area contributed by atoms with E-state index in [1.54, 1.807) is 15.0 Å². The first-order valence-corrected chi connectivity index (χ1v) is 19.9. The van der Waals surface area contributed by atoms with E-state index in [2.05, 4.69) is 26.2 Å². The molecule has 9 nitrogen and oxygen atoms in total. The van der Waals surface area contributed by atoms with Crippen LogP contribution < -0.4 is 9.47 Å². The molecule has 2 aromatic heterocycles. The summed E-state index contributed by atoms with van der Waals surface area (Å²) in [7, 11) is -0.840. The maximum atomic E-state index is 13.9. The molecule has 0 N–H and O–H groups in total. The molecule has 2 atom stereocenters. The van der Waals surface area contributed by atoms with Crippen LogP contribution in [0.4, 0.5) is 0 Å². The summed E-state index contributed by atoms with van der Waals surface area (Å²) in [5.74, 6) is 0.409. The van der Waals surface area contributed by atoms with Crippen molar-refractivity contribution in [3.8, 4) is 11.5 Å². The second-order valence-electron chi connectivity index (χ2n) is 11.2. The molecular formula is C31H37IN2O7S3. The number of pyridine rings is 1. The number of Topliss-reactive ketones (excluding diaryl/α,β-unsaturated/α-hetero) is 1. The van der Waals surface area contributed by atoms with Gasteiger partial charge in [0.25, 0.3) is 0 Å². The van der Waals surface area contributed by atoms with Gasteiger partial charge in [0.15, 0.2) is 5.78 Å². The van der Waals surface area contributed by atoms with Crippen LogP contribution in [0.5, 0.6) is 11.5 Å². The third-order valence-electron chi connectivity index (χ3n) is 7.76. The zero-order chi connectivity index (χ0) is 32.2. The fraction of sp³-hybridized carbons (Fsp3) is 0.452. The van der Waals surface area contributed by atoms with Crippen molar-refractivity contribution < 1.29 is 32.2 Å². The van der Waals surface area contributed by atoms with Gasteiger partial charge in [0.1, 0.15) is 34.0 Å². The van der Waals surface area contributed by atoms with Crippen molar-refractivity contribution in [2.24, 2.45) is 5.41 Å². The summed E-state index contributed by atoms with van der Waals surface area (Å²) in [4.78, 5) is 31.4. The van der Waals surface area contributed by atoms with Gasteiger partial charge in [0.05, 0.1) is 25.3 Å². The molecule has 0 aliphatic carbocycles. The molecule has 0 bridgehead atoms. The Hall–Kier alpha value is -2.20. The maximum absolute atomic E-state index is 13.9. The van der Waals surface area contributed by atoms with Crippen molar-refractivity contribution in [3.63, 3.8) is 0 Å². The van der Waals surface area contributed by atoms with Crippen LogP contribution >= 0.6 is 41.5 Å². The minimum atomic E-state index is -3.92. The molecule has 1 aliphatic heterocycles. The quantitative estimate of drug-likeness (QED) is 0.0849. The van der Waals surface area contributed by atoms with E-state index in [9.17, 15) is 18.0 Å². The van der Waals surface area contributed by atoms with E-state index in [0.717, 1.165) is 21.6 Å². The number of carbonyl (C=O) groups excluding carboxylic acids is 2. The summed E-state index contributed by atoms with van der Waals surface area (Å²) < 4.78 is 46.4. The average molecular weight is 773 g/mol. The lowest BCUT2D eigenvalue weighted by atomic mass is 9.73. The van der Waals surface area contributed by atoms with Crippen LogP contribution in [-0.4, -0.2) is 61.6 Å². The zero-order valence-electron chi connectivity index (χ0n) is 25.6. The van der Waals surface area contributed by atoms with Gasteiger partial charge in [-0.1, -0.05) is 34.1 Å². The SMILES string of the molecule is CC[C@@H]1CN(Cc2cc(C(c3cc(OC)c(C(C)=O)s3)C(C)(C)C(=O)OCCSI)ccc2C)S(=O)(=O)c2cnccc2O1. The predicted molar refractivity (Wildman–Crippen MR) is 182 cm³/mol. The number of halogens is 1. The summed E-state index contributed by atoms with van der Waals surface area (Å²) in [5, 5.41) is 0. The van der Waals surface area contributed by atoms with Crippen molar-refractivity contribution in [2.45, 2.75) is 64.5 Å². The fourth-order valence-electron chi connectivity index (χ4n) is 5.27. The Morgan fingerprint density at radius 2 is 2.02 bits per heavy atom. The number of ketones is 1. The van der Waals surface area contributed by atoms with Gasteiger partial charge in [-0.05, 0) is 77.2 Å². The summed E-state index contributed by atoms with van der Waals surface area (Å²) in [6, 6.07) is 9.25. The van der Waals surface area contributed by atoms with E-state index in [4.69, 9.17) is 14.2 Å². The van der Waals surface area contributed by atoms with E-state index in [-0.39, 0.29) is 42.4 Å². The largest absolute Gasteiger partial charge is 0.495 e. The molecule has 0 spiro atoms. The van der Waals surface area contributed by atoms with Crippen molar-refractivity contribution in [3.05, 3.63) is 69.2 Å². The van der Waals surface area contributed by atoms with Gasteiger partial charge in [-0.25, -0.2) is 8.42 Å². The van der Waals surface area contributed by atoms with Crippen LogP contribution in [0.15, 0.2) is 47.6 Å². The molecule has 238 valence electrons. The van der Waals surface area contributed by atoms with Crippen molar-refractivity contribution >= 4 is 63.3 Å². The lowest BCUT2D eigenvalue weighted by Gasteiger charge is -2.33. The Morgan fingerprint density at radius 1 is 1.27 bits per heavy atom. The number of benzene rings is 1. The summed E-state index contributed by atoms with van der Waals surface area (Å²) >= 11 is 3.46. The Labute approximate surface area is 279 Å². The standard InChI is InChI=1S/C31H37IN2O7S3/c1-7-23-18-34(44(37,38)27-16-33-11-10-24(27)41-23)17-22-14-21(9-8-19(22)2)28(31(4,5)30(36)40-12-13-42-32)26-15-25(39-6)29(43-26)20(3)35/h8-11,14-16,23,28H,7,12-13,17-18H2,1-6H3/t23-,28?/m1/s1. The fourth-order valence-corrected chi connectivity index (χ4v) is 8.81. The third kappa shape index (κ3) is 7.27. The average Bonchev–Trinajstić information content (AvgIpc) is 3.37. The van der Waals surface area contributed by atoms with E-state index in [0.29, 0.717) is 28.5 Å². The number of rotatable bonds is 12. The monoisotopic (exact) mass is 772 g/mol. The summed E-state index contributed by atoms with van der Waals surface area (Å²) in [6.45, 7) is 9.61. The Kier molecular flexibility index (Phi) is 11.4. The molecule has 3 heterocycles. The Morgan fingerprint density at radius 3 is 2.66 bits per heavy atom. The molecule has 1 aromatic carbocycles. The van der Waals surface area contributed by atoms with Crippen LogP contribution in [0.1, 0.15) is 71.3 Å². The highest BCUT2D eigenvalue weighted by atomic mass is 127. The molecular weight excluding hydrogens is 735 g/mol. The number of fused-ring (bicyclic) bond motifs is 1. The van der Waals surface area contributed by atoms with Crippen LogP contribution in [-0.2, 0) is 26.1 Å². The summed E-state index contributed by atoms with van der Waals surface area (Å²) in [5.41, 5.74) is 1.46. The van der Waals surface area contributed by atoms with Crippen molar-refractivity contribution in [1.82, 2.24) is 9.29 Å². The number of thiophene rings is 1. The zero-order valence-corrected chi connectivity index (χ0v) is 30.2. The van der Waals surface area contributed by atoms with E-state index in [1.807, 2.05) is 52.0 Å². The first-order valence-electron chi connectivity index (χ1n) is 14.1. The highest BCUT2D eigenvalue weighted by Gasteiger charge is 2.42. The van der Waals surface area contributed by atoms with Gasteiger partial charge in [0, 0.05) is 36.2 Å². The Bertz CT molecular complexity index is 1620. The van der Waals surface area contributed by atoms with Crippen LogP contribution in [0, 0.1) is 12.3 Å². The Balaban J connectivity index is 1.81. The topological polar surface area (TPSA) is 112 Å². The number of methoxy groups -OCH3 is 1. The molecule has 1 aliphatic rings. The highest BCUT2D eigenvalue weighted by molar-refractivity contribution is 14.2. The van der Waals surface area contributed by atoms with E-state index < -0.39 is 21.4 Å². The van der Waals surface area contributed by atoms with Gasteiger partial charge in [0.2, 0.25) is 10.0 Å². The molecule has 13 heteroatoms. The molecule has 0 radical (unpaired) electrons. The van der Waals surface area contributed by atoms with Gasteiger partial charge < -0.3 is 14.2 Å². The van der Waals surface area contributed by atoms with E-state index in [1.165, 1.54) is 42.1 Å². The maximum Gasteiger partial charge on any atom is 0.312 e. The predicted octanol–water partition coefficient (Wildman–Crippen LogP) is 6.81. The lowest BCUT2D eigenvalue weighted by molar-refractivity contribution is -0.154. The number of aryl methyl sites for hydroxylation is 1. The second kappa shape index (κ2) is 14.5. The summed E-state index contributed by atoms with van der Waals surface area (Å²) in [6.07, 6.45) is 3.15. The number of hydrogen-bond acceptors (Lipinski definition) is 10. The second-order valence-corrected chi connectivity index (χ2v) is 16.6. The van der Waals surface area contributed by atoms with Gasteiger partial charge in [-0.3, -0.25) is 14.6 Å². The minimum absolute atomic E-state index is 0.0404. The van der Waals surface area contributed by atoms with Gasteiger partial charge in [-0.15, -0.1) is 11.3 Å². The number of ether oxygens (including phenoxy) is 3. The van der Waals surface area contributed by atoms with E-state index >= 15 is 0 Å². The normalized spacial score (nSPS) is 17.2. The number of carbonyl (C=O) groups is 2. The highest BCUT2D eigenvalue weighted by Crippen LogP contribution is 2.47. The van der Waals surface area contributed by atoms with Gasteiger partial charge >= 0.3 is 5.97 Å². The minimum Gasteiger partial charge on any atom is -0.495 e.